The molecule has 5 heteroatoms. The van der Waals surface area contributed by atoms with Crippen LogP contribution in [0.15, 0.2) is 24.3 Å². The van der Waals surface area contributed by atoms with Crippen LogP contribution in [0.3, 0.4) is 0 Å². The first-order valence-corrected chi connectivity index (χ1v) is 7.98. The smallest absolute Gasteiger partial charge is 0.304 e. The van der Waals surface area contributed by atoms with E-state index in [1.807, 2.05) is 17.8 Å². The first-order valence-electron chi connectivity index (χ1n) is 6.93. The number of thioether (sulfide) groups is 1. The zero-order chi connectivity index (χ0) is 14.4. The van der Waals surface area contributed by atoms with Gasteiger partial charge >= 0.3 is 5.97 Å². The van der Waals surface area contributed by atoms with E-state index in [1.54, 1.807) is 12.1 Å². The minimum atomic E-state index is -0.737. The maximum atomic E-state index is 13.1. The Balaban J connectivity index is 1.76. The Morgan fingerprint density at radius 3 is 3.10 bits per heavy atom. The van der Waals surface area contributed by atoms with Crippen LogP contribution in [0, 0.1) is 5.82 Å². The van der Waals surface area contributed by atoms with Crippen molar-refractivity contribution in [3.8, 4) is 0 Å². The number of carboxylic acids is 1. The minimum Gasteiger partial charge on any atom is -0.481 e. The summed E-state index contributed by atoms with van der Waals surface area (Å²) < 4.78 is 13.1. The van der Waals surface area contributed by atoms with Crippen LogP contribution in [0.5, 0.6) is 0 Å². The zero-order valence-corrected chi connectivity index (χ0v) is 12.2. The molecule has 0 aromatic heterocycles. The number of aliphatic carboxylic acids is 1. The van der Waals surface area contributed by atoms with Crippen molar-refractivity contribution in [2.24, 2.45) is 0 Å². The summed E-state index contributed by atoms with van der Waals surface area (Å²) in [6.07, 6.45) is 2.48. The van der Waals surface area contributed by atoms with Crippen LogP contribution in [-0.4, -0.2) is 40.9 Å². The molecule has 20 heavy (non-hydrogen) atoms. The van der Waals surface area contributed by atoms with Crippen LogP contribution in [-0.2, 0) is 10.5 Å². The number of carbonyl (C=O) groups is 1. The lowest BCUT2D eigenvalue weighted by Crippen LogP contribution is -2.38. The van der Waals surface area contributed by atoms with Crippen LogP contribution in [0.2, 0.25) is 0 Å². The van der Waals surface area contributed by atoms with Gasteiger partial charge in [-0.25, -0.2) is 4.39 Å². The lowest BCUT2D eigenvalue weighted by molar-refractivity contribution is -0.137. The Morgan fingerprint density at radius 2 is 2.35 bits per heavy atom. The topological polar surface area (TPSA) is 40.5 Å². The van der Waals surface area contributed by atoms with E-state index in [2.05, 4.69) is 4.90 Å². The summed E-state index contributed by atoms with van der Waals surface area (Å²) in [5.74, 6) is -0.107. The average Bonchev–Trinajstić information content (AvgIpc) is 2.43. The normalized spacial score (nSPS) is 19.9. The van der Waals surface area contributed by atoms with E-state index in [-0.39, 0.29) is 12.2 Å². The van der Waals surface area contributed by atoms with Gasteiger partial charge in [-0.15, -0.1) is 0 Å². The SMILES string of the molecule is O=C(O)CCN1CCCC(SCc2cccc(F)c2)C1. The van der Waals surface area contributed by atoms with Crippen molar-refractivity contribution in [1.29, 1.82) is 0 Å². The fourth-order valence-electron chi connectivity index (χ4n) is 2.45. The summed E-state index contributed by atoms with van der Waals surface area (Å²) in [5, 5.41) is 9.24. The van der Waals surface area contributed by atoms with Crippen molar-refractivity contribution in [3.05, 3.63) is 35.6 Å². The number of carboxylic acid groups (broad SMARTS) is 1. The molecule has 1 aromatic carbocycles. The van der Waals surface area contributed by atoms with Gasteiger partial charge in [-0.2, -0.15) is 11.8 Å². The lowest BCUT2D eigenvalue weighted by atomic mass is 10.1. The highest BCUT2D eigenvalue weighted by Gasteiger charge is 2.20. The van der Waals surface area contributed by atoms with Gasteiger partial charge in [0, 0.05) is 24.1 Å². The highest BCUT2D eigenvalue weighted by Crippen LogP contribution is 2.26. The number of piperidine rings is 1. The van der Waals surface area contributed by atoms with Crippen molar-refractivity contribution in [1.82, 2.24) is 4.90 Å². The van der Waals surface area contributed by atoms with Crippen LogP contribution in [0.1, 0.15) is 24.8 Å². The third-order valence-corrected chi connectivity index (χ3v) is 4.84. The molecular formula is C15H20FNO2S. The molecule has 1 N–H and O–H groups in total. The van der Waals surface area contributed by atoms with Gasteiger partial charge in [0.1, 0.15) is 5.82 Å². The van der Waals surface area contributed by atoms with Crippen molar-refractivity contribution < 1.29 is 14.3 Å². The summed E-state index contributed by atoms with van der Waals surface area (Å²) in [5.41, 5.74) is 1.01. The molecule has 2 rings (SSSR count). The molecule has 1 atom stereocenters. The number of hydrogen-bond acceptors (Lipinski definition) is 3. The molecule has 0 radical (unpaired) electrons. The average molecular weight is 297 g/mol. The van der Waals surface area contributed by atoms with Crippen molar-refractivity contribution in [3.63, 3.8) is 0 Å². The highest BCUT2D eigenvalue weighted by atomic mass is 32.2. The maximum absolute atomic E-state index is 13.1. The number of hydrogen-bond donors (Lipinski definition) is 1. The highest BCUT2D eigenvalue weighted by molar-refractivity contribution is 7.99. The zero-order valence-electron chi connectivity index (χ0n) is 11.4. The maximum Gasteiger partial charge on any atom is 0.304 e. The van der Waals surface area contributed by atoms with Crippen molar-refractivity contribution in [2.75, 3.05) is 19.6 Å². The van der Waals surface area contributed by atoms with Crippen LogP contribution in [0.4, 0.5) is 4.39 Å². The first kappa shape index (κ1) is 15.3. The Bertz CT molecular complexity index is 455. The molecule has 0 saturated carbocycles. The van der Waals surface area contributed by atoms with Crippen molar-refractivity contribution in [2.45, 2.75) is 30.3 Å². The Kier molecular flexibility index (Phi) is 5.86. The minimum absolute atomic E-state index is 0.185. The largest absolute Gasteiger partial charge is 0.481 e. The van der Waals surface area contributed by atoms with Gasteiger partial charge in [0.25, 0.3) is 0 Å². The van der Waals surface area contributed by atoms with Crippen LogP contribution in [0.25, 0.3) is 0 Å². The fraction of sp³-hybridized carbons (Fsp3) is 0.533. The summed E-state index contributed by atoms with van der Waals surface area (Å²) >= 11 is 1.84. The number of rotatable bonds is 6. The molecule has 1 aliphatic rings. The van der Waals surface area contributed by atoms with E-state index in [0.717, 1.165) is 37.2 Å². The van der Waals surface area contributed by atoms with Crippen LogP contribution >= 0.6 is 11.8 Å². The predicted molar refractivity (Wildman–Crippen MR) is 79.4 cm³/mol. The molecule has 1 fully saturated rings. The predicted octanol–water partition coefficient (Wildman–Crippen LogP) is 3.00. The second-order valence-corrected chi connectivity index (χ2v) is 6.44. The number of benzene rings is 1. The van der Waals surface area contributed by atoms with Crippen LogP contribution < -0.4 is 0 Å². The molecular weight excluding hydrogens is 277 g/mol. The molecule has 1 saturated heterocycles. The van der Waals surface area contributed by atoms with Gasteiger partial charge in [-0.1, -0.05) is 12.1 Å². The van der Waals surface area contributed by atoms with Gasteiger partial charge in [-0.05, 0) is 37.1 Å². The van der Waals surface area contributed by atoms with E-state index >= 15 is 0 Å². The number of nitrogens with zero attached hydrogens (tertiary/aromatic N) is 1. The van der Waals surface area contributed by atoms with Gasteiger partial charge in [0.15, 0.2) is 0 Å². The third kappa shape index (κ3) is 5.13. The summed E-state index contributed by atoms with van der Waals surface area (Å²) in [6, 6.07) is 6.73. The van der Waals surface area contributed by atoms with Gasteiger partial charge < -0.3 is 10.0 Å². The second-order valence-electron chi connectivity index (χ2n) is 5.15. The number of halogens is 1. The molecule has 0 amide bonds. The number of likely N-dealkylation sites (tertiary alicyclic amines) is 1. The quantitative estimate of drug-likeness (QED) is 0.876. The van der Waals surface area contributed by atoms with Gasteiger partial charge in [0.2, 0.25) is 0 Å². The molecule has 0 spiro atoms. The Hall–Kier alpha value is -1.07. The van der Waals surface area contributed by atoms with E-state index in [1.165, 1.54) is 6.07 Å². The van der Waals surface area contributed by atoms with Gasteiger partial charge in [0.05, 0.1) is 6.42 Å². The molecule has 1 heterocycles. The Labute approximate surface area is 123 Å². The van der Waals surface area contributed by atoms with Gasteiger partial charge in [-0.3, -0.25) is 4.79 Å². The van der Waals surface area contributed by atoms with E-state index < -0.39 is 5.97 Å². The summed E-state index contributed by atoms with van der Waals surface area (Å²) in [4.78, 5) is 12.8. The molecule has 1 aliphatic heterocycles. The first-order chi connectivity index (χ1) is 9.63. The standard InChI is InChI=1S/C15H20FNO2S/c16-13-4-1-3-12(9-13)11-20-14-5-2-7-17(10-14)8-6-15(18)19/h1,3-4,9,14H,2,5-8,10-11H2,(H,18,19). The molecule has 0 bridgehead atoms. The molecule has 3 nitrogen and oxygen atoms in total. The second kappa shape index (κ2) is 7.64. The third-order valence-electron chi connectivity index (χ3n) is 3.48. The molecule has 110 valence electrons. The van der Waals surface area contributed by atoms with E-state index in [4.69, 9.17) is 5.11 Å². The lowest BCUT2D eigenvalue weighted by Gasteiger charge is -2.32. The summed E-state index contributed by atoms with van der Waals surface area (Å²) in [7, 11) is 0. The van der Waals surface area contributed by atoms with Crippen molar-refractivity contribution >= 4 is 17.7 Å². The molecule has 1 unspecified atom stereocenters. The fourth-order valence-corrected chi connectivity index (χ4v) is 3.70. The summed E-state index contributed by atoms with van der Waals surface area (Å²) in [6.45, 7) is 2.56. The van der Waals surface area contributed by atoms with E-state index in [9.17, 15) is 9.18 Å². The molecule has 1 aromatic rings. The van der Waals surface area contributed by atoms with E-state index in [0.29, 0.717) is 11.8 Å². The molecule has 0 aliphatic carbocycles. The monoisotopic (exact) mass is 297 g/mol. The Morgan fingerprint density at radius 1 is 1.50 bits per heavy atom.